The number of likely N-dealkylation sites (tertiary alicyclic amines) is 1. The first-order valence-corrected chi connectivity index (χ1v) is 10.5. The summed E-state index contributed by atoms with van der Waals surface area (Å²) in [6.45, 7) is 7.51. The molecule has 1 saturated heterocycles. The Hall–Kier alpha value is -2.95. The van der Waals surface area contributed by atoms with Gasteiger partial charge in [-0.25, -0.2) is 4.79 Å². The number of esters is 1. The molecule has 2 atom stereocenters. The number of amides is 1. The monoisotopic (exact) mass is 407 g/mol. The molecule has 1 amide bonds. The Morgan fingerprint density at radius 3 is 2.23 bits per heavy atom. The van der Waals surface area contributed by atoms with Crippen molar-refractivity contribution >= 4 is 17.7 Å². The van der Waals surface area contributed by atoms with Crippen LogP contribution in [0.2, 0.25) is 0 Å². The molecule has 1 aliphatic heterocycles. The zero-order chi connectivity index (χ0) is 21.8. The van der Waals surface area contributed by atoms with Crippen molar-refractivity contribution in [3.63, 3.8) is 0 Å². The Labute approximate surface area is 178 Å². The fourth-order valence-electron chi connectivity index (χ4n) is 4.18. The third-order valence-electron chi connectivity index (χ3n) is 5.84. The lowest BCUT2D eigenvalue weighted by Gasteiger charge is -2.38. The van der Waals surface area contributed by atoms with Gasteiger partial charge in [0.2, 0.25) is 0 Å². The van der Waals surface area contributed by atoms with Crippen molar-refractivity contribution in [1.29, 1.82) is 0 Å². The zero-order valence-corrected chi connectivity index (χ0v) is 18.1. The molecule has 1 aliphatic rings. The SMILES string of the molecule is Cc1ccc(C)c(C(=O)c2ccccc2C(=O)OCC(=O)N2[C@H](C)CCC[C@@H]2C)c1. The van der Waals surface area contributed by atoms with Gasteiger partial charge in [-0.15, -0.1) is 0 Å². The molecule has 0 aromatic heterocycles. The van der Waals surface area contributed by atoms with Crippen LogP contribution in [0.3, 0.4) is 0 Å². The lowest BCUT2D eigenvalue weighted by Crippen LogP contribution is -2.49. The van der Waals surface area contributed by atoms with Crippen LogP contribution < -0.4 is 0 Å². The predicted molar refractivity (Wildman–Crippen MR) is 116 cm³/mol. The zero-order valence-electron chi connectivity index (χ0n) is 18.1. The van der Waals surface area contributed by atoms with Gasteiger partial charge in [0.05, 0.1) is 5.56 Å². The number of nitrogens with zero attached hydrogens (tertiary/aromatic N) is 1. The summed E-state index contributed by atoms with van der Waals surface area (Å²) in [5.74, 6) is -1.08. The van der Waals surface area contributed by atoms with Crippen molar-refractivity contribution in [2.75, 3.05) is 6.61 Å². The first kappa shape index (κ1) is 21.8. The van der Waals surface area contributed by atoms with Crippen LogP contribution in [0.5, 0.6) is 0 Å². The summed E-state index contributed by atoms with van der Waals surface area (Å²) in [4.78, 5) is 40.4. The van der Waals surface area contributed by atoms with Crippen LogP contribution >= 0.6 is 0 Å². The van der Waals surface area contributed by atoms with Gasteiger partial charge >= 0.3 is 5.97 Å². The van der Waals surface area contributed by atoms with Crippen LogP contribution in [0, 0.1) is 13.8 Å². The van der Waals surface area contributed by atoms with Crippen molar-refractivity contribution in [2.45, 2.75) is 59.0 Å². The maximum Gasteiger partial charge on any atom is 0.339 e. The van der Waals surface area contributed by atoms with E-state index in [-0.39, 0.29) is 41.5 Å². The molecule has 0 aliphatic carbocycles. The molecule has 0 bridgehead atoms. The molecule has 5 heteroatoms. The number of aryl methyl sites for hydroxylation is 2. The number of piperidine rings is 1. The highest BCUT2D eigenvalue weighted by Crippen LogP contribution is 2.23. The van der Waals surface area contributed by atoms with Crippen LogP contribution in [-0.2, 0) is 9.53 Å². The molecule has 1 heterocycles. The summed E-state index contributed by atoms with van der Waals surface area (Å²) in [6.07, 6.45) is 3.01. The number of ketones is 1. The summed E-state index contributed by atoms with van der Waals surface area (Å²) in [7, 11) is 0. The highest BCUT2D eigenvalue weighted by molar-refractivity contribution is 6.15. The second-order valence-corrected chi connectivity index (χ2v) is 8.20. The minimum atomic E-state index is -0.657. The fraction of sp³-hybridized carbons (Fsp3) is 0.400. The molecule has 5 nitrogen and oxygen atoms in total. The topological polar surface area (TPSA) is 63.7 Å². The first-order valence-electron chi connectivity index (χ1n) is 10.5. The Morgan fingerprint density at radius 1 is 0.933 bits per heavy atom. The average molecular weight is 408 g/mol. The van der Waals surface area contributed by atoms with E-state index in [0.29, 0.717) is 5.56 Å². The van der Waals surface area contributed by atoms with E-state index in [9.17, 15) is 14.4 Å². The molecule has 0 N–H and O–H groups in total. The van der Waals surface area contributed by atoms with Gasteiger partial charge in [0.15, 0.2) is 12.4 Å². The average Bonchev–Trinajstić information content (AvgIpc) is 2.73. The van der Waals surface area contributed by atoms with Gasteiger partial charge in [0.25, 0.3) is 5.91 Å². The maximum absolute atomic E-state index is 13.1. The van der Waals surface area contributed by atoms with E-state index in [1.54, 1.807) is 24.3 Å². The number of carbonyl (C=O) groups excluding carboxylic acids is 3. The summed E-state index contributed by atoms with van der Waals surface area (Å²) < 4.78 is 5.34. The van der Waals surface area contributed by atoms with Crippen LogP contribution in [0.15, 0.2) is 42.5 Å². The number of hydrogen-bond donors (Lipinski definition) is 0. The van der Waals surface area contributed by atoms with E-state index in [1.165, 1.54) is 0 Å². The molecule has 0 spiro atoms. The second kappa shape index (κ2) is 9.24. The standard InChI is InChI=1S/C25H29NO4/c1-16-12-13-17(2)22(14-16)24(28)20-10-5-6-11-21(20)25(29)30-15-23(27)26-18(3)8-7-9-19(26)4/h5-6,10-14,18-19H,7-9,15H2,1-4H3/t18-,19+. The van der Waals surface area contributed by atoms with Gasteiger partial charge in [-0.05, 0) is 64.7 Å². The van der Waals surface area contributed by atoms with Crippen LogP contribution in [0.1, 0.15) is 70.5 Å². The third-order valence-corrected chi connectivity index (χ3v) is 5.84. The van der Waals surface area contributed by atoms with E-state index in [1.807, 2.05) is 50.8 Å². The number of hydrogen-bond acceptors (Lipinski definition) is 4. The molecule has 158 valence electrons. The smallest absolute Gasteiger partial charge is 0.339 e. The van der Waals surface area contributed by atoms with Crippen LogP contribution in [-0.4, -0.2) is 41.3 Å². The Bertz CT molecular complexity index is 955. The third kappa shape index (κ3) is 4.61. The molecule has 3 rings (SSSR count). The molecule has 2 aromatic rings. The number of benzene rings is 2. The van der Waals surface area contributed by atoms with E-state index in [4.69, 9.17) is 4.74 Å². The second-order valence-electron chi connectivity index (χ2n) is 8.20. The van der Waals surface area contributed by atoms with Gasteiger partial charge in [-0.1, -0.05) is 35.9 Å². The molecular weight excluding hydrogens is 378 g/mol. The Balaban J connectivity index is 1.77. The lowest BCUT2D eigenvalue weighted by atomic mass is 9.94. The lowest BCUT2D eigenvalue weighted by molar-refractivity contribution is -0.140. The highest BCUT2D eigenvalue weighted by atomic mass is 16.5. The van der Waals surface area contributed by atoms with Gasteiger partial charge in [-0.3, -0.25) is 9.59 Å². The van der Waals surface area contributed by atoms with Crippen molar-refractivity contribution in [1.82, 2.24) is 4.90 Å². The Kier molecular flexibility index (Phi) is 6.70. The summed E-state index contributed by atoms with van der Waals surface area (Å²) in [5, 5.41) is 0. The summed E-state index contributed by atoms with van der Waals surface area (Å²) >= 11 is 0. The molecule has 0 saturated carbocycles. The highest BCUT2D eigenvalue weighted by Gasteiger charge is 2.30. The van der Waals surface area contributed by atoms with Crippen LogP contribution in [0.4, 0.5) is 0 Å². The first-order chi connectivity index (χ1) is 14.3. The molecule has 0 radical (unpaired) electrons. The van der Waals surface area contributed by atoms with E-state index < -0.39 is 5.97 Å². The van der Waals surface area contributed by atoms with E-state index in [0.717, 1.165) is 30.4 Å². The minimum absolute atomic E-state index is 0.137. The molecule has 1 fully saturated rings. The number of rotatable bonds is 5. The minimum Gasteiger partial charge on any atom is -0.452 e. The number of ether oxygens (including phenoxy) is 1. The predicted octanol–water partition coefficient (Wildman–Crippen LogP) is 4.48. The van der Waals surface area contributed by atoms with Gasteiger partial charge in [0, 0.05) is 23.2 Å². The quantitative estimate of drug-likeness (QED) is 0.541. The molecule has 30 heavy (non-hydrogen) atoms. The fourth-order valence-corrected chi connectivity index (χ4v) is 4.18. The molecular formula is C25H29NO4. The van der Waals surface area contributed by atoms with Crippen molar-refractivity contribution in [3.05, 3.63) is 70.3 Å². The van der Waals surface area contributed by atoms with E-state index in [2.05, 4.69) is 0 Å². The van der Waals surface area contributed by atoms with Gasteiger partial charge in [-0.2, -0.15) is 0 Å². The van der Waals surface area contributed by atoms with Crippen molar-refractivity contribution < 1.29 is 19.1 Å². The van der Waals surface area contributed by atoms with E-state index >= 15 is 0 Å². The van der Waals surface area contributed by atoms with Crippen LogP contribution in [0.25, 0.3) is 0 Å². The maximum atomic E-state index is 13.1. The van der Waals surface area contributed by atoms with Gasteiger partial charge < -0.3 is 9.64 Å². The number of carbonyl (C=O) groups is 3. The Morgan fingerprint density at radius 2 is 1.57 bits per heavy atom. The summed E-state index contributed by atoms with van der Waals surface area (Å²) in [6, 6.07) is 12.5. The molecule has 2 aromatic carbocycles. The van der Waals surface area contributed by atoms with Crippen molar-refractivity contribution in [2.24, 2.45) is 0 Å². The van der Waals surface area contributed by atoms with Gasteiger partial charge in [0.1, 0.15) is 0 Å². The normalized spacial score (nSPS) is 18.7. The molecule has 0 unspecified atom stereocenters. The van der Waals surface area contributed by atoms with Crippen molar-refractivity contribution in [3.8, 4) is 0 Å². The largest absolute Gasteiger partial charge is 0.452 e. The summed E-state index contributed by atoms with van der Waals surface area (Å²) in [5.41, 5.74) is 2.83.